The van der Waals surface area contributed by atoms with Crippen molar-refractivity contribution < 1.29 is 27.9 Å². The minimum absolute atomic E-state index is 0.0875. The SMILES string of the molecule is CCC(=O)NCC1CN(c2cc(F)c(N3CCN(C(=O)C(C)NC(=O)c4cn5cccnc5n4)CC3)c(F)c2)CO1. The molecule has 12 nitrogen and oxygen atoms in total. The van der Waals surface area contributed by atoms with Crippen molar-refractivity contribution in [3.05, 3.63) is 54.1 Å². The molecule has 1 aromatic carbocycles. The molecule has 2 unspecified atom stereocenters. The van der Waals surface area contributed by atoms with E-state index in [1.54, 1.807) is 51.4 Å². The molecule has 0 spiro atoms. The van der Waals surface area contributed by atoms with Gasteiger partial charge in [-0.1, -0.05) is 6.92 Å². The number of carbonyl (C=O) groups excluding carboxylic acids is 3. The number of nitrogens with zero attached hydrogens (tertiary/aromatic N) is 6. The minimum atomic E-state index is -0.818. The molecular weight excluding hydrogens is 538 g/mol. The van der Waals surface area contributed by atoms with Gasteiger partial charge in [-0.15, -0.1) is 0 Å². The summed E-state index contributed by atoms with van der Waals surface area (Å²) in [4.78, 5) is 50.2. The predicted molar refractivity (Wildman–Crippen MR) is 145 cm³/mol. The molecule has 5 rings (SSSR count). The van der Waals surface area contributed by atoms with Crippen LogP contribution in [0.25, 0.3) is 5.78 Å². The maximum absolute atomic E-state index is 15.2. The highest BCUT2D eigenvalue weighted by molar-refractivity contribution is 5.96. The highest BCUT2D eigenvalue weighted by Gasteiger charge is 2.30. The van der Waals surface area contributed by atoms with Gasteiger partial charge in [0.2, 0.25) is 17.6 Å². The summed E-state index contributed by atoms with van der Waals surface area (Å²) in [6, 6.07) is 3.45. The van der Waals surface area contributed by atoms with E-state index in [0.717, 1.165) is 0 Å². The Bertz CT molecular complexity index is 1390. The minimum Gasteiger partial charge on any atom is -0.363 e. The van der Waals surface area contributed by atoms with Gasteiger partial charge >= 0.3 is 0 Å². The quantitative estimate of drug-likeness (QED) is 0.414. The molecule has 4 heterocycles. The van der Waals surface area contributed by atoms with Crippen LogP contribution >= 0.6 is 0 Å². The van der Waals surface area contributed by atoms with Crippen LogP contribution in [0.3, 0.4) is 0 Å². The van der Waals surface area contributed by atoms with Crippen LogP contribution in [-0.2, 0) is 14.3 Å². The summed E-state index contributed by atoms with van der Waals surface area (Å²) < 4.78 is 37.6. The summed E-state index contributed by atoms with van der Waals surface area (Å²) in [7, 11) is 0. The molecule has 2 atom stereocenters. The van der Waals surface area contributed by atoms with Crippen molar-refractivity contribution in [2.24, 2.45) is 0 Å². The number of rotatable bonds is 8. The lowest BCUT2D eigenvalue weighted by Crippen LogP contribution is -2.54. The van der Waals surface area contributed by atoms with Crippen LogP contribution in [0.4, 0.5) is 20.2 Å². The fourth-order valence-electron chi connectivity index (χ4n) is 4.94. The molecule has 2 N–H and O–H groups in total. The average Bonchev–Trinajstić information content (AvgIpc) is 3.63. The smallest absolute Gasteiger partial charge is 0.272 e. The summed E-state index contributed by atoms with van der Waals surface area (Å²) in [6.45, 7) is 5.16. The van der Waals surface area contributed by atoms with Crippen molar-refractivity contribution in [2.75, 3.05) is 55.8 Å². The molecule has 0 radical (unpaired) electrons. The van der Waals surface area contributed by atoms with Gasteiger partial charge in [0, 0.05) is 70.0 Å². The van der Waals surface area contributed by atoms with E-state index in [1.165, 1.54) is 18.3 Å². The third kappa shape index (κ3) is 6.21. The molecule has 2 aliphatic heterocycles. The molecule has 2 aromatic heterocycles. The number of piperazine rings is 1. The number of aromatic nitrogens is 3. The molecule has 2 saturated heterocycles. The molecule has 3 amide bonds. The summed E-state index contributed by atoms with van der Waals surface area (Å²) in [5.41, 5.74) is 0.351. The van der Waals surface area contributed by atoms with Crippen molar-refractivity contribution in [3.8, 4) is 0 Å². The molecule has 0 bridgehead atoms. The second kappa shape index (κ2) is 12.0. The molecule has 2 aliphatic rings. The number of fused-ring (bicyclic) bond motifs is 1. The first kappa shape index (κ1) is 28.2. The van der Waals surface area contributed by atoms with Crippen LogP contribution in [0, 0.1) is 11.6 Å². The standard InChI is InChI=1S/C27H32F2N8O4/c1-3-23(38)31-13-19-14-37(16-41-19)18-11-20(28)24(21(29)12-18)34-7-9-35(10-8-34)26(40)17(2)32-25(39)22-15-36-6-4-5-30-27(36)33-22/h4-6,11-12,15,17,19H,3,7-10,13-14,16H2,1-2H3,(H,31,38)(H,32,39). The summed E-state index contributed by atoms with van der Waals surface area (Å²) in [5.74, 6) is -1.92. The lowest BCUT2D eigenvalue weighted by Gasteiger charge is -2.37. The van der Waals surface area contributed by atoms with Gasteiger partial charge in [-0.2, -0.15) is 0 Å². The summed E-state index contributed by atoms with van der Waals surface area (Å²) in [5, 5.41) is 5.43. The molecule has 0 saturated carbocycles. The first-order valence-electron chi connectivity index (χ1n) is 13.5. The van der Waals surface area contributed by atoms with Gasteiger partial charge in [0.25, 0.3) is 5.91 Å². The Morgan fingerprint density at radius 2 is 1.85 bits per heavy atom. The fourth-order valence-corrected chi connectivity index (χ4v) is 4.94. The van der Waals surface area contributed by atoms with Crippen molar-refractivity contribution >= 4 is 34.9 Å². The number of hydrogen-bond donors (Lipinski definition) is 2. The monoisotopic (exact) mass is 570 g/mol. The zero-order valence-corrected chi connectivity index (χ0v) is 22.8. The highest BCUT2D eigenvalue weighted by atomic mass is 19.1. The van der Waals surface area contributed by atoms with Gasteiger partial charge < -0.3 is 30.1 Å². The Kier molecular flexibility index (Phi) is 8.28. The number of halogens is 2. The molecule has 14 heteroatoms. The van der Waals surface area contributed by atoms with Gasteiger partial charge in [0.15, 0.2) is 11.6 Å². The van der Waals surface area contributed by atoms with Crippen LogP contribution in [0.2, 0.25) is 0 Å². The average molecular weight is 571 g/mol. The van der Waals surface area contributed by atoms with Gasteiger partial charge in [-0.3, -0.25) is 18.8 Å². The van der Waals surface area contributed by atoms with E-state index < -0.39 is 23.6 Å². The van der Waals surface area contributed by atoms with Crippen molar-refractivity contribution in [2.45, 2.75) is 32.4 Å². The zero-order valence-electron chi connectivity index (χ0n) is 22.8. The van der Waals surface area contributed by atoms with E-state index in [4.69, 9.17) is 4.74 Å². The van der Waals surface area contributed by atoms with E-state index in [1.807, 2.05) is 0 Å². The number of imidazole rings is 1. The Balaban J connectivity index is 1.15. The van der Waals surface area contributed by atoms with Crippen molar-refractivity contribution in [1.29, 1.82) is 0 Å². The Morgan fingerprint density at radius 1 is 1.12 bits per heavy atom. The van der Waals surface area contributed by atoms with Gasteiger partial charge in [0.1, 0.15) is 24.2 Å². The largest absolute Gasteiger partial charge is 0.363 e. The lowest BCUT2D eigenvalue weighted by molar-refractivity contribution is -0.133. The van der Waals surface area contributed by atoms with Crippen LogP contribution in [-0.4, -0.2) is 95.1 Å². The highest BCUT2D eigenvalue weighted by Crippen LogP contribution is 2.31. The number of benzene rings is 1. The number of hydrogen-bond acceptors (Lipinski definition) is 8. The second-order valence-corrected chi connectivity index (χ2v) is 10.0. The van der Waals surface area contributed by atoms with Gasteiger partial charge in [-0.25, -0.2) is 18.7 Å². The Morgan fingerprint density at radius 3 is 2.54 bits per heavy atom. The molecule has 3 aromatic rings. The normalized spacial score (nSPS) is 18.0. The number of nitrogens with one attached hydrogen (secondary N) is 2. The van der Waals surface area contributed by atoms with Crippen molar-refractivity contribution in [3.63, 3.8) is 0 Å². The van der Waals surface area contributed by atoms with E-state index >= 15 is 8.78 Å². The maximum atomic E-state index is 15.2. The predicted octanol–water partition coefficient (Wildman–Crippen LogP) is 1.16. The third-order valence-electron chi connectivity index (χ3n) is 7.20. The van der Waals surface area contributed by atoms with E-state index in [9.17, 15) is 14.4 Å². The summed E-state index contributed by atoms with van der Waals surface area (Å²) in [6.07, 6.45) is 4.91. The topological polar surface area (TPSA) is 124 Å². The van der Waals surface area contributed by atoms with Crippen LogP contribution in [0.5, 0.6) is 0 Å². The Hall–Kier alpha value is -4.33. The van der Waals surface area contributed by atoms with Crippen molar-refractivity contribution in [1.82, 2.24) is 29.9 Å². The van der Waals surface area contributed by atoms with Gasteiger partial charge in [-0.05, 0) is 25.1 Å². The van der Waals surface area contributed by atoms with E-state index in [2.05, 4.69) is 20.6 Å². The van der Waals surface area contributed by atoms with Crippen LogP contribution < -0.4 is 20.4 Å². The second-order valence-electron chi connectivity index (χ2n) is 10.0. The van der Waals surface area contributed by atoms with Crippen LogP contribution in [0.1, 0.15) is 30.8 Å². The van der Waals surface area contributed by atoms with E-state index in [0.29, 0.717) is 31.0 Å². The molecular formula is C27H32F2N8O4. The molecule has 2 fully saturated rings. The van der Waals surface area contributed by atoms with E-state index in [-0.39, 0.29) is 62.2 Å². The van der Waals surface area contributed by atoms with Gasteiger partial charge in [0.05, 0.1) is 6.10 Å². The number of carbonyl (C=O) groups is 3. The summed E-state index contributed by atoms with van der Waals surface area (Å²) >= 11 is 0. The Labute approximate surface area is 235 Å². The maximum Gasteiger partial charge on any atom is 0.272 e. The van der Waals surface area contributed by atoms with Crippen LogP contribution in [0.15, 0.2) is 36.8 Å². The third-order valence-corrected chi connectivity index (χ3v) is 7.20. The fraction of sp³-hybridized carbons (Fsp3) is 0.444. The number of ether oxygens (including phenoxy) is 1. The molecule has 0 aliphatic carbocycles. The number of amides is 3. The lowest BCUT2D eigenvalue weighted by atomic mass is 10.1. The molecule has 41 heavy (non-hydrogen) atoms. The number of anilines is 2. The zero-order chi connectivity index (χ0) is 29.1. The first-order chi connectivity index (χ1) is 19.7. The first-order valence-corrected chi connectivity index (χ1v) is 13.5. The molecule has 218 valence electrons.